The lowest BCUT2D eigenvalue weighted by Crippen LogP contribution is -2.07. The molecule has 0 aliphatic heterocycles. The summed E-state index contributed by atoms with van der Waals surface area (Å²) < 4.78 is 0. The third-order valence-corrected chi connectivity index (χ3v) is 2.60. The molecule has 2 rings (SSSR count). The zero-order chi connectivity index (χ0) is 12.0. The van der Waals surface area contributed by atoms with Crippen LogP contribution in [0, 0.1) is 6.92 Å². The van der Waals surface area contributed by atoms with E-state index in [0.717, 1.165) is 5.01 Å². The molecule has 84 valence electrons. The van der Waals surface area contributed by atoms with Crippen LogP contribution in [0.15, 0.2) is 36.5 Å². The van der Waals surface area contributed by atoms with Crippen molar-refractivity contribution in [2.24, 2.45) is 0 Å². The van der Waals surface area contributed by atoms with Gasteiger partial charge < -0.3 is 15.1 Å². The molecule has 1 heterocycles. The molecule has 0 aliphatic carbocycles. The highest BCUT2D eigenvalue weighted by Crippen LogP contribution is 2.23. The Kier molecular flexibility index (Phi) is 5.14. The van der Waals surface area contributed by atoms with Crippen molar-refractivity contribution >= 4 is 18.7 Å². The van der Waals surface area contributed by atoms with Gasteiger partial charge in [0.05, 0.1) is 0 Å². The van der Waals surface area contributed by atoms with Gasteiger partial charge in [-0.3, -0.25) is 0 Å². The Labute approximate surface area is 98.0 Å². The maximum absolute atomic E-state index is 7.17. The smallest absolute Gasteiger partial charge is 0.402 e. The fourth-order valence-electron chi connectivity index (χ4n) is 1.07. The number of hydrogen-bond acceptors (Lipinski definition) is 5. The summed E-state index contributed by atoms with van der Waals surface area (Å²) >= 11 is 1.73. The van der Waals surface area contributed by atoms with E-state index in [1.54, 1.807) is 11.3 Å². The molecule has 1 aromatic carbocycles. The highest BCUT2D eigenvalue weighted by atomic mass is 32.1. The van der Waals surface area contributed by atoms with Crippen molar-refractivity contribution in [3.63, 3.8) is 0 Å². The third-order valence-electron chi connectivity index (χ3n) is 1.64. The molecule has 4 nitrogen and oxygen atoms in total. The minimum Gasteiger partial charge on any atom is -0.402 e. The van der Waals surface area contributed by atoms with E-state index >= 15 is 0 Å². The molecule has 6 heteroatoms. The van der Waals surface area contributed by atoms with E-state index in [1.165, 1.54) is 10.4 Å². The average molecular weight is 237 g/mol. The minimum absolute atomic E-state index is 1.10. The van der Waals surface area contributed by atoms with Crippen molar-refractivity contribution < 1.29 is 15.1 Å². The van der Waals surface area contributed by atoms with Gasteiger partial charge in [-0.05, 0) is 6.92 Å². The first-order valence-electron chi connectivity index (χ1n) is 4.61. The number of thiazole rings is 1. The van der Waals surface area contributed by atoms with Crippen LogP contribution in [0.1, 0.15) is 4.88 Å². The fraction of sp³-hybridized carbons (Fsp3) is 0.100. The Hall–Kier alpha value is -1.21. The molecule has 1 aromatic heterocycles. The highest BCUT2D eigenvalue weighted by molar-refractivity contribution is 7.14. The van der Waals surface area contributed by atoms with Gasteiger partial charge in [0.15, 0.2) is 0 Å². The number of rotatable bonds is 1. The Morgan fingerprint density at radius 1 is 1.12 bits per heavy atom. The van der Waals surface area contributed by atoms with Crippen LogP contribution in [-0.4, -0.2) is 27.4 Å². The van der Waals surface area contributed by atoms with Crippen LogP contribution in [0.2, 0.25) is 0 Å². The number of aromatic nitrogens is 1. The van der Waals surface area contributed by atoms with Crippen molar-refractivity contribution in [1.29, 1.82) is 0 Å². The highest BCUT2D eigenvalue weighted by Gasteiger charge is 1.99. The van der Waals surface area contributed by atoms with Gasteiger partial charge >= 0.3 is 7.32 Å². The molecule has 0 fully saturated rings. The molecule has 0 saturated heterocycles. The summed E-state index contributed by atoms with van der Waals surface area (Å²) in [6, 6.07) is 10.2. The van der Waals surface area contributed by atoms with Gasteiger partial charge in [0, 0.05) is 16.6 Å². The predicted octanol–water partition coefficient (Wildman–Crippen LogP) is 1.07. The molecule has 0 bridgehead atoms. The molecule has 16 heavy (non-hydrogen) atoms. The summed E-state index contributed by atoms with van der Waals surface area (Å²) in [4.78, 5) is 5.56. The van der Waals surface area contributed by atoms with E-state index < -0.39 is 7.32 Å². The molecule has 2 aromatic rings. The maximum atomic E-state index is 7.17. The SMILES string of the molecule is Cc1cnc(-c2ccccc2)s1.OB(O)O. The van der Waals surface area contributed by atoms with E-state index in [-0.39, 0.29) is 0 Å². The largest absolute Gasteiger partial charge is 0.631 e. The van der Waals surface area contributed by atoms with Crippen LogP contribution < -0.4 is 0 Å². The topological polar surface area (TPSA) is 73.6 Å². The molecule has 0 saturated carbocycles. The lowest BCUT2D eigenvalue weighted by Gasteiger charge is -1.92. The quantitative estimate of drug-likeness (QED) is 0.648. The summed E-state index contributed by atoms with van der Waals surface area (Å²) in [5, 5.41) is 22.6. The van der Waals surface area contributed by atoms with E-state index in [0.29, 0.717) is 0 Å². The molecule has 3 N–H and O–H groups in total. The Morgan fingerprint density at radius 3 is 2.12 bits per heavy atom. The van der Waals surface area contributed by atoms with Crippen molar-refractivity contribution in [2.45, 2.75) is 6.92 Å². The maximum Gasteiger partial charge on any atom is 0.631 e. The number of nitrogens with zero attached hydrogens (tertiary/aromatic N) is 1. The second kappa shape index (κ2) is 6.39. The molecule has 0 radical (unpaired) electrons. The standard InChI is InChI=1S/C10H9NS.BH3O3/c1-8-7-11-10(12-8)9-5-3-2-4-6-9;2-1(3)4/h2-7H,1H3;2-4H. The zero-order valence-corrected chi connectivity index (χ0v) is 9.56. The van der Waals surface area contributed by atoms with Crippen LogP contribution in [0.25, 0.3) is 10.6 Å². The van der Waals surface area contributed by atoms with Gasteiger partial charge in [0.1, 0.15) is 5.01 Å². The molecule has 0 unspecified atom stereocenters. The van der Waals surface area contributed by atoms with E-state index in [9.17, 15) is 0 Å². The minimum atomic E-state index is -2.17. The molecule has 0 atom stereocenters. The Bertz CT molecular complexity index is 416. The molecule has 0 spiro atoms. The van der Waals surface area contributed by atoms with E-state index in [2.05, 4.69) is 24.0 Å². The molecular formula is C10H12BNO3S. The van der Waals surface area contributed by atoms with Crippen molar-refractivity contribution in [3.05, 3.63) is 41.4 Å². The Balaban J connectivity index is 0.000000280. The number of benzene rings is 1. The van der Waals surface area contributed by atoms with Crippen molar-refractivity contribution in [1.82, 2.24) is 4.98 Å². The van der Waals surface area contributed by atoms with Gasteiger partial charge in [-0.25, -0.2) is 4.98 Å². The normalized spacial score (nSPS) is 9.25. The first kappa shape index (κ1) is 12.9. The first-order chi connectivity index (χ1) is 7.59. The monoisotopic (exact) mass is 237 g/mol. The Morgan fingerprint density at radius 2 is 1.69 bits per heavy atom. The third kappa shape index (κ3) is 4.54. The van der Waals surface area contributed by atoms with Gasteiger partial charge in [0.25, 0.3) is 0 Å². The number of hydrogen-bond donors (Lipinski definition) is 3. The molecular weight excluding hydrogens is 225 g/mol. The fourth-order valence-corrected chi connectivity index (χ4v) is 1.84. The van der Waals surface area contributed by atoms with Crippen molar-refractivity contribution in [2.75, 3.05) is 0 Å². The molecule has 0 aliphatic rings. The molecule has 0 amide bonds. The van der Waals surface area contributed by atoms with Crippen molar-refractivity contribution in [3.8, 4) is 10.6 Å². The van der Waals surface area contributed by atoms with Crippen LogP contribution in [-0.2, 0) is 0 Å². The summed E-state index contributed by atoms with van der Waals surface area (Å²) in [6.45, 7) is 2.07. The van der Waals surface area contributed by atoms with Gasteiger partial charge in [-0.1, -0.05) is 30.3 Å². The lowest BCUT2D eigenvalue weighted by atomic mass is 10.2. The van der Waals surface area contributed by atoms with Crippen LogP contribution in [0.4, 0.5) is 0 Å². The number of aryl methyl sites for hydroxylation is 1. The van der Waals surface area contributed by atoms with Gasteiger partial charge in [0.2, 0.25) is 0 Å². The lowest BCUT2D eigenvalue weighted by molar-refractivity contribution is 0.278. The summed E-state index contributed by atoms with van der Waals surface area (Å²) in [5.41, 5.74) is 1.20. The second-order valence-corrected chi connectivity index (χ2v) is 4.22. The van der Waals surface area contributed by atoms with E-state index in [1.807, 2.05) is 24.4 Å². The van der Waals surface area contributed by atoms with Crippen LogP contribution in [0.3, 0.4) is 0 Å². The van der Waals surface area contributed by atoms with Gasteiger partial charge in [-0.15, -0.1) is 11.3 Å². The average Bonchev–Trinajstić information content (AvgIpc) is 2.65. The van der Waals surface area contributed by atoms with Gasteiger partial charge in [-0.2, -0.15) is 0 Å². The predicted molar refractivity (Wildman–Crippen MR) is 64.7 cm³/mol. The summed E-state index contributed by atoms with van der Waals surface area (Å²) in [5.74, 6) is 0. The zero-order valence-electron chi connectivity index (χ0n) is 8.74. The summed E-state index contributed by atoms with van der Waals surface area (Å²) in [7, 11) is -2.17. The second-order valence-electron chi connectivity index (χ2n) is 2.99. The summed E-state index contributed by atoms with van der Waals surface area (Å²) in [6.07, 6.45) is 1.91. The first-order valence-corrected chi connectivity index (χ1v) is 5.43. The van der Waals surface area contributed by atoms with Crippen LogP contribution >= 0.6 is 11.3 Å². The van der Waals surface area contributed by atoms with Crippen LogP contribution in [0.5, 0.6) is 0 Å². The van der Waals surface area contributed by atoms with E-state index in [4.69, 9.17) is 15.1 Å².